The summed E-state index contributed by atoms with van der Waals surface area (Å²) < 4.78 is 13.9. The Kier molecular flexibility index (Phi) is 5.69. The molecule has 0 saturated carbocycles. The third-order valence-electron chi connectivity index (χ3n) is 3.74. The molecule has 0 saturated heterocycles. The second-order valence-electron chi connectivity index (χ2n) is 5.32. The summed E-state index contributed by atoms with van der Waals surface area (Å²) in [5.41, 5.74) is -0.393. The predicted molar refractivity (Wildman–Crippen MR) is 78.3 cm³/mol. The molecule has 0 amide bonds. The first-order valence-corrected chi connectivity index (χ1v) is 6.83. The predicted octanol–water partition coefficient (Wildman–Crippen LogP) is 2.13. The molecule has 1 aliphatic carbocycles. The number of carbonyl (C=O) groups is 4. The maximum Gasteiger partial charge on any atom is 0.177 e. The van der Waals surface area contributed by atoms with Crippen molar-refractivity contribution in [1.82, 2.24) is 0 Å². The van der Waals surface area contributed by atoms with Gasteiger partial charge in [0, 0.05) is 24.0 Å². The lowest BCUT2D eigenvalue weighted by atomic mass is 9.81. The number of Topliss-reactive ketones (excluding diaryl/α,β-unsaturated/α-hetero) is 4. The van der Waals surface area contributed by atoms with Gasteiger partial charge in [-0.3, -0.25) is 14.4 Å². The van der Waals surface area contributed by atoms with Gasteiger partial charge in [0.05, 0.1) is 11.5 Å². The maximum atomic E-state index is 13.9. The van der Waals surface area contributed by atoms with Crippen LogP contribution in [-0.4, -0.2) is 23.1 Å². The van der Waals surface area contributed by atoms with Crippen molar-refractivity contribution in [2.24, 2.45) is 11.8 Å². The van der Waals surface area contributed by atoms with Gasteiger partial charge < -0.3 is 4.79 Å². The highest BCUT2D eigenvalue weighted by Crippen LogP contribution is 2.36. The fourth-order valence-electron chi connectivity index (χ4n) is 2.59. The molecule has 5 heteroatoms. The molecule has 2 atom stereocenters. The van der Waals surface area contributed by atoms with Crippen LogP contribution in [0.2, 0.25) is 0 Å². The number of hydrogen-bond donors (Lipinski definition) is 0. The third kappa shape index (κ3) is 3.45. The Hall–Kier alpha value is -2.35. The zero-order valence-corrected chi connectivity index (χ0v) is 12.7. The maximum absolute atomic E-state index is 13.9. The minimum atomic E-state index is -1.26. The fraction of sp³-hybridized carbons (Fsp3) is 0.412. The number of terminal acetylenes is 1. The lowest BCUT2D eigenvalue weighted by molar-refractivity contribution is -0.135. The topological polar surface area (TPSA) is 68.3 Å². The molecular weight excluding hydrogens is 287 g/mol. The van der Waals surface area contributed by atoms with E-state index in [0.29, 0.717) is 0 Å². The number of halogens is 1. The van der Waals surface area contributed by atoms with Crippen molar-refractivity contribution < 1.29 is 23.6 Å². The van der Waals surface area contributed by atoms with Crippen molar-refractivity contribution in [2.45, 2.75) is 33.6 Å². The van der Waals surface area contributed by atoms with Crippen molar-refractivity contribution in [3.63, 3.8) is 0 Å². The van der Waals surface area contributed by atoms with E-state index in [0.717, 1.165) is 6.08 Å². The van der Waals surface area contributed by atoms with Gasteiger partial charge in [-0.2, -0.15) is 0 Å². The molecule has 0 aromatic rings. The van der Waals surface area contributed by atoms with Crippen LogP contribution in [0.25, 0.3) is 0 Å². The van der Waals surface area contributed by atoms with Gasteiger partial charge in [-0.05, 0) is 27.2 Å². The van der Waals surface area contributed by atoms with Crippen LogP contribution in [0.15, 0.2) is 23.0 Å². The number of carbonyl (C=O) groups excluding carboxylic acids is 4. The lowest BCUT2D eigenvalue weighted by Gasteiger charge is -2.18. The summed E-state index contributed by atoms with van der Waals surface area (Å²) in [5, 5.41) is 0. The van der Waals surface area contributed by atoms with Crippen molar-refractivity contribution >= 4 is 23.1 Å². The first-order valence-electron chi connectivity index (χ1n) is 6.83. The molecule has 0 fully saturated rings. The summed E-state index contributed by atoms with van der Waals surface area (Å²) in [5.74, 6) is -3.01. The molecule has 2 unspecified atom stereocenters. The molecule has 1 aliphatic rings. The van der Waals surface area contributed by atoms with Crippen LogP contribution in [0.4, 0.5) is 4.39 Å². The summed E-state index contributed by atoms with van der Waals surface area (Å²) in [4.78, 5) is 47.5. The second-order valence-corrected chi connectivity index (χ2v) is 5.32. The Bertz CT molecular complexity index is 646. The van der Waals surface area contributed by atoms with E-state index in [9.17, 15) is 23.6 Å². The molecule has 4 nitrogen and oxygen atoms in total. The van der Waals surface area contributed by atoms with E-state index in [1.54, 1.807) is 0 Å². The molecule has 0 N–H and O–H groups in total. The number of ketones is 4. The molecular formula is C17H17FO4. The lowest BCUT2D eigenvalue weighted by Crippen LogP contribution is -2.32. The average Bonchev–Trinajstić information content (AvgIpc) is 2.62. The molecule has 22 heavy (non-hydrogen) atoms. The van der Waals surface area contributed by atoms with Gasteiger partial charge in [0.15, 0.2) is 11.6 Å². The Morgan fingerprint density at radius 2 is 1.91 bits per heavy atom. The van der Waals surface area contributed by atoms with Gasteiger partial charge in [-0.15, -0.1) is 6.42 Å². The molecule has 0 spiro atoms. The van der Waals surface area contributed by atoms with Crippen LogP contribution < -0.4 is 0 Å². The molecule has 0 aromatic heterocycles. The van der Waals surface area contributed by atoms with E-state index in [1.165, 1.54) is 20.8 Å². The van der Waals surface area contributed by atoms with Gasteiger partial charge in [0.25, 0.3) is 0 Å². The molecule has 0 aliphatic heterocycles. The zero-order valence-electron chi connectivity index (χ0n) is 12.7. The van der Waals surface area contributed by atoms with E-state index in [1.807, 2.05) is 5.92 Å². The summed E-state index contributed by atoms with van der Waals surface area (Å²) in [6.45, 7) is 3.95. The van der Waals surface area contributed by atoms with E-state index in [2.05, 4.69) is 0 Å². The zero-order chi connectivity index (χ0) is 17.0. The smallest absolute Gasteiger partial charge is 0.177 e. The summed E-state index contributed by atoms with van der Waals surface area (Å²) in [7, 11) is 0. The Labute approximate surface area is 128 Å². The number of hydrogen-bond acceptors (Lipinski definition) is 4. The van der Waals surface area contributed by atoms with Crippen LogP contribution in [0.5, 0.6) is 0 Å². The summed E-state index contributed by atoms with van der Waals surface area (Å²) in [6.07, 6.45) is 5.91. The molecule has 0 heterocycles. The highest BCUT2D eigenvalue weighted by Gasteiger charge is 2.46. The summed E-state index contributed by atoms with van der Waals surface area (Å²) in [6, 6.07) is 0. The van der Waals surface area contributed by atoms with Crippen LogP contribution in [0, 0.1) is 24.2 Å². The van der Waals surface area contributed by atoms with Crippen LogP contribution in [-0.2, 0) is 19.2 Å². The van der Waals surface area contributed by atoms with Gasteiger partial charge >= 0.3 is 0 Å². The van der Waals surface area contributed by atoms with Crippen molar-refractivity contribution in [3.8, 4) is 12.3 Å². The minimum absolute atomic E-state index is 0.0342. The quantitative estimate of drug-likeness (QED) is 0.557. The van der Waals surface area contributed by atoms with Gasteiger partial charge in [0.2, 0.25) is 0 Å². The van der Waals surface area contributed by atoms with Crippen molar-refractivity contribution in [2.75, 3.05) is 0 Å². The van der Waals surface area contributed by atoms with E-state index in [4.69, 9.17) is 6.42 Å². The Balaban J connectivity index is 3.18. The minimum Gasteiger partial charge on any atom is -0.300 e. The number of allylic oxidation sites excluding steroid dienone is 4. The third-order valence-corrected chi connectivity index (χ3v) is 3.74. The van der Waals surface area contributed by atoms with E-state index >= 15 is 0 Å². The SMILES string of the molecule is C#C/C=C(/F)C1=C(C)C(=O)C(C(CCC(C)=O)C(C)=O)C1=O. The summed E-state index contributed by atoms with van der Waals surface area (Å²) >= 11 is 0. The van der Waals surface area contributed by atoms with Gasteiger partial charge in [0.1, 0.15) is 17.4 Å². The molecule has 0 bridgehead atoms. The standard InChI is InChI=1S/C17H17FO4/c1-5-6-13(18)14-10(3)16(21)15(17(14)22)12(11(4)20)8-7-9(2)19/h1,6,12,15H,7-8H2,2-4H3/b13-6+. The Morgan fingerprint density at radius 3 is 2.36 bits per heavy atom. The molecule has 0 aromatic carbocycles. The largest absolute Gasteiger partial charge is 0.300 e. The molecule has 0 radical (unpaired) electrons. The van der Waals surface area contributed by atoms with Gasteiger partial charge in [-0.25, -0.2) is 4.39 Å². The van der Waals surface area contributed by atoms with Crippen molar-refractivity contribution in [1.29, 1.82) is 0 Å². The van der Waals surface area contributed by atoms with Crippen LogP contribution in [0.3, 0.4) is 0 Å². The second kappa shape index (κ2) is 7.08. The van der Waals surface area contributed by atoms with Crippen LogP contribution >= 0.6 is 0 Å². The molecule has 116 valence electrons. The van der Waals surface area contributed by atoms with E-state index < -0.39 is 29.2 Å². The normalized spacial score (nSPS) is 20.1. The molecule has 1 rings (SSSR count). The average molecular weight is 304 g/mol. The van der Waals surface area contributed by atoms with Gasteiger partial charge in [-0.1, -0.05) is 5.92 Å². The Morgan fingerprint density at radius 1 is 1.32 bits per heavy atom. The highest BCUT2D eigenvalue weighted by atomic mass is 19.1. The van der Waals surface area contributed by atoms with Crippen LogP contribution in [0.1, 0.15) is 33.6 Å². The van der Waals surface area contributed by atoms with E-state index in [-0.39, 0.29) is 35.6 Å². The first kappa shape index (κ1) is 17.7. The first-order chi connectivity index (χ1) is 10.2. The number of rotatable bonds is 6. The van der Waals surface area contributed by atoms with Crippen molar-refractivity contribution in [3.05, 3.63) is 23.0 Å². The highest BCUT2D eigenvalue weighted by molar-refractivity contribution is 6.27. The fourth-order valence-corrected chi connectivity index (χ4v) is 2.59. The monoisotopic (exact) mass is 304 g/mol.